The first-order chi connectivity index (χ1) is 10.0. The second-order valence-corrected chi connectivity index (χ2v) is 6.28. The van der Waals surface area contributed by atoms with E-state index in [2.05, 4.69) is 9.59 Å². The van der Waals surface area contributed by atoms with Crippen LogP contribution in [0.2, 0.25) is 0 Å². The lowest BCUT2D eigenvalue weighted by Crippen LogP contribution is -2.46. The van der Waals surface area contributed by atoms with Crippen molar-refractivity contribution in [3.05, 3.63) is 10.6 Å². The van der Waals surface area contributed by atoms with Crippen molar-refractivity contribution in [2.45, 2.75) is 46.0 Å². The van der Waals surface area contributed by atoms with Crippen molar-refractivity contribution in [1.29, 1.82) is 0 Å². The predicted molar refractivity (Wildman–Crippen MR) is 79.4 cm³/mol. The van der Waals surface area contributed by atoms with Crippen LogP contribution in [0.15, 0.2) is 0 Å². The lowest BCUT2D eigenvalue weighted by atomic mass is 9.76. The van der Waals surface area contributed by atoms with Gasteiger partial charge in [-0.25, -0.2) is 0 Å². The van der Waals surface area contributed by atoms with Gasteiger partial charge in [-0.1, -0.05) is 24.8 Å². The number of carboxylic acids is 1. The first kappa shape index (κ1) is 15.9. The Kier molecular flexibility index (Phi) is 4.92. The van der Waals surface area contributed by atoms with Crippen LogP contribution in [0, 0.1) is 5.41 Å². The molecule has 0 aromatic carbocycles. The van der Waals surface area contributed by atoms with E-state index in [0.29, 0.717) is 37.2 Å². The second-order valence-electron chi connectivity index (χ2n) is 5.53. The van der Waals surface area contributed by atoms with Gasteiger partial charge in [-0.15, -0.1) is 5.10 Å². The van der Waals surface area contributed by atoms with E-state index in [1.807, 2.05) is 13.8 Å². The van der Waals surface area contributed by atoms with Crippen molar-refractivity contribution >= 4 is 23.4 Å². The predicted octanol–water partition coefficient (Wildman–Crippen LogP) is 2.21. The zero-order valence-corrected chi connectivity index (χ0v) is 13.3. The summed E-state index contributed by atoms with van der Waals surface area (Å²) in [7, 11) is 0. The van der Waals surface area contributed by atoms with E-state index in [1.54, 1.807) is 4.90 Å². The summed E-state index contributed by atoms with van der Waals surface area (Å²) in [6.45, 7) is 4.92. The van der Waals surface area contributed by atoms with E-state index >= 15 is 0 Å². The Hall–Kier alpha value is -1.50. The molecule has 0 radical (unpaired) electrons. The van der Waals surface area contributed by atoms with Crippen molar-refractivity contribution in [3.63, 3.8) is 0 Å². The van der Waals surface area contributed by atoms with Gasteiger partial charge in [0.05, 0.1) is 11.1 Å². The van der Waals surface area contributed by atoms with E-state index in [0.717, 1.165) is 30.1 Å². The molecule has 116 valence electrons. The molecule has 1 N–H and O–H groups in total. The number of rotatable bonds is 5. The molecule has 0 bridgehead atoms. The van der Waals surface area contributed by atoms with Gasteiger partial charge in [0.1, 0.15) is 4.88 Å². The number of amides is 1. The fourth-order valence-corrected chi connectivity index (χ4v) is 3.45. The highest BCUT2D eigenvalue weighted by molar-refractivity contribution is 7.08. The van der Waals surface area contributed by atoms with Crippen LogP contribution in [0.4, 0.5) is 0 Å². The van der Waals surface area contributed by atoms with E-state index in [4.69, 9.17) is 0 Å². The highest BCUT2D eigenvalue weighted by atomic mass is 32.1. The van der Waals surface area contributed by atoms with Crippen molar-refractivity contribution < 1.29 is 14.7 Å². The van der Waals surface area contributed by atoms with Crippen LogP contribution in [-0.2, 0) is 11.2 Å². The molecule has 1 aliphatic rings. The number of aliphatic carboxylic acids is 1. The van der Waals surface area contributed by atoms with E-state index in [1.165, 1.54) is 0 Å². The zero-order chi connectivity index (χ0) is 15.5. The first-order valence-electron chi connectivity index (χ1n) is 7.38. The van der Waals surface area contributed by atoms with Crippen LogP contribution >= 0.6 is 11.5 Å². The minimum absolute atomic E-state index is 0.0523. The van der Waals surface area contributed by atoms with Crippen LogP contribution < -0.4 is 0 Å². The van der Waals surface area contributed by atoms with Gasteiger partial charge in [0.15, 0.2) is 0 Å². The van der Waals surface area contributed by atoms with Gasteiger partial charge in [-0.05, 0) is 37.2 Å². The molecule has 1 aromatic heterocycles. The number of likely N-dealkylation sites (tertiary alicyclic amines) is 1. The number of aryl methyl sites for hydroxylation is 1. The summed E-state index contributed by atoms with van der Waals surface area (Å²) in [5, 5.41) is 13.4. The molecule has 0 aliphatic carbocycles. The van der Waals surface area contributed by atoms with Crippen LogP contribution in [-0.4, -0.2) is 44.6 Å². The smallest absolute Gasteiger partial charge is 0.309 e. The molecular weight excluding hydrogens is 290 g/mol. The molecule has 2 heterocycles. The minimum atomic E-state index is -0.747. The Balaban J connectivity index is 2.06. The molecule has 0 unspecified atom stereocenters. The van der Waals surface area contributed by atoms with Crippen LogP contribution in [0.5, 0.6) is 0 Å². The van der Waals surface area contributed by atoms with Gasteiger partial charge in [0.2, 0.25) is 0 Å². The van der Waals surface area contributed by atoms with Gasteiger partial charge >= 0.3 is 5.97 Å². The Morgan fingerprint density at radius 3 is 2.52 bits per heavy atom. The topological polar surface area (TPSA) is 83.4 Å². The summed E-state index contributed by atoms with van der Waals surface area (Å²) in [6.07, 6.45) is 3.30. The van der Waals surface area contributed by atoms with Crippen LogP contribution in [0.3, 0.4) is 0 Å². The van der Waals surface area contributed by atoms with Gasteiger partial charge in [-0.3, -0.25) is 9.59 Å². The minimum Gasteiger partial charge on any atom is -0.481 e. The molecule has 7 heteroatoms. The summed E-state index contributed by atoms with van der Waals surface area (Å²) in [6, 6.07) is 0. The van der Waals surface area contributed by atoms with Crippen molar-refractivity contribution in [2.24, 2.45) is 5.41 Å². The van der Waals surface area contributed by atoms with Gasteiger partial charge < -0.3 is 10.0 Å². The molecule has 0 atom stereocenters. The Morgan fingerprint density at radius 1 is 1.33 bits per heavy atom. The molecule has 1 saturated heterocycles. The number of carbonyl (C=O) groups excluding carboxylic acids is 1. The van der Waals surface area contributed by atoms with Crippen LogP contribution in [0.1, 0.15) is 54.9 Å². The molecule has 1 aromatic rings. The standard InChI is InChI=1S/C14H21N3O3S/c1-3-5-10-11(21-16-15-10)12(18)17-8-6-14(4-2,7-9-17)13(19)20/h3-9H2,1-2H3,(H,19,20). The highest BCUT2D eigenvalue weighted by Gasteiger charge is 2.41. The fourth-order valence-electron chi connectivity index (χ4n) is 2.77. The third-order valence-corrected chi connectivity index (χ3v) is 5.13. The molecular formula is C14H21N3O3S. The monoisotopic (exact) mass is 311 g/mol. The molecule has 0 spiro atoms. The third-order valence-electron chi connectivity index (χ3n) is 4.38. The molecule has 6 nitrogen and oxygen atoms in total. The second kappa shape index (κ2) is 6.51. The molecule has 1 aliphatic heterocycles. The lowest BCUT2D eigenvalue weighted by molar-refractivity contribution is -0.152. The average molecular weight is 311 g/mol. The maximum atomic E-state index is 12.5. The number of hydrogen-bond donors (Lipinski definition) is 1. The largest absolute Gasteiger partial charge is 0.481 e. The van der Waals surface area contributed by atoms with Gasteiger partial charge in [0, 0.05) is 13.1 Å². The number of aromatic nitrogens is 2. The third kappa shape index (κ3) is 3.07. The summed E-state index contributed by atoms with van der Waals surface area (Å²) in [5.74, 6) is -0.799. The molecule has 1 amide bonds. The fraction of sp³-hybridized carbons (Fsp3) is 0.714. The maximum absolute atomic E-state index is 12.5. The molecule has 2 rings (SSSR count). The van der Waals surface area contributed by atoms with E-state index in [-0.39, 0.29) is 5.91 Å². The Bertz CT molecular complexity index is 521. The summed E-state index contributed by atoms with van der Waals surface area (Å²) < 4.78 is 3.88. The summed E-state index contributed by atoms with van der Waals surface area (Å²) in [4.78, 5) is 26.3. The van der Waals surface area contributed by atoms with Crippen molar-refractivity contribution in [3.8, 4) is 0 Å². The molecule has 0 saturated carbocycles. The zero-order valence-electron chi connectivity index (χ0n) is 12.5. The first-order valence-corrected chi connectivity index (χ1v) is 8.15. The molecule has 1 fully saturated rings. The maximum Gasteiger partial charge on any atom is 0.309 e. The summed E-state index contributed by atoms with van der Waals surface area (Å²) in [5.41, 5.74) is 0.0904. The lowest BCUT2D eigenvalue weighted by Gasteiger charge is -2.38. The highest BCUT2D eigenvalue weighted by Crippen LogP contribution is 2.35. The summed E-state index contributed by atoms with van der Waals surface area (Å²) >= 11 is 1.13. The van der Waals surface area contributed by atoms with Gasteiger partial charge in [0.25, 0.3) is 5.91 Å². The Labute approximate surface area is 128 Å². The Morgan fingerprint density at radius 2 is 2.00 bits per heavy atom. The van der Waals surface area contributed by atoms with Crippen molar-refractivity contribution in [2.75, 3.05) is 13.1 Å². The number of piperidine rings is 1. The van der Waals surface area contributed by atoms with Crippen molar-refractivity contribution in [1.82, 2.24) is 14.5 Å². The number of nitrogens with zero attached hydrogens (tertiary/aromatic N) is 3. The van der Waals surface area contributed by atoms with E-state index in [9.17, 15) is 14.7 Å². The quantitative estimate of drug-likeness (QED) is 0.901. The number of hydrogen-bond acceptors (Lipinski definition) is 5. The number of carbonyl (C=O) groups is 2. The number of carboxylic acid groups (broad SMARTS) is 1. The average Bonchev–Trinajstić information content (AvgIpc) is 2.95. The van der Waals surface area contributed by atoms with Gasteiger partial charge in [-0.2, -0.15) is 0 Å². The van der Waals surface area contributed by atoms with E-state index < -0.39 is 11.4 Å². The SMILES string of the molecule is CCCc1nnsc1C(=O)N1CCC(CC)(C(=O)O)CC1. The normalized spacial score (nSPS) is 17.7. The van der Waals surface area contributed by atoms with Crippen LogP contribution in [0.25, 0.3) is 0 Å². The molecule has 21 heavy (non-hydrogen) atoms.